The summed E-state index contributed by atoms with van der Waals surface area (Å²) in [5.41, 5.74) is 0.271. The van der Waals surface area contributed by atoms with Crippen LogP contribution in [0.2, 0.25) is 0 Å². The van der Waals surface area contributed by atoms with E-state index in [1.54, 1.807) is 18.2 Å². The normalized spacial score (nSPS) is 9.87. The Morgan fingerprint density at radius 1 is 1.09 bits per heavy atom. The van der Waals surface area contributed by atoms with Crippen LogP contribution < -0.4 is 0 Å². The highest BCUT2D eigenvalue weighted by molar-refractivity contribution is 5.92. The summed E-state index contributed by atoms with van der Waals surface area (Å²) in [7, 11) is 0. The topological polar surface area (TPSA) is 81.0 Å². The molecule has 0 aliphatic carbocycles. The van der Waals surface area contributed by atoms with E-state index < -0.39 is 11.7 Å². The van der Waals surface area contributed by atoms with Crippen LogP contribution in [0.4, 0.5) is 4.39 Å². The van der Waals surface area contributed by atoms with Gasteiger partial charge in [0, 0.05) is 13.1 Å². The molecule has 6 heteroatoms. The first-order valence-electron chi connectivity index (χ1n) is 7.05. The summed E-state index contributed by atoms with van der Waals surface area (Å²) in [6.07, 6.45) is 0.329. The Labute approximate surface area is 133 Å². The lowest BCUT2D eigenvalue weighted by Crippen LogP contribution is -2.32. The molecule has 2 aromatic rings. The molecule has 0 radical (unpaired) electrons. The average molecular weight is 311 g/mol. The van der Waals surface area contributed by atoms with Crippen LogP contribution in [0, 0.1) is 28.5 Å². The number of nitrogens with zero attached hydrogens (tertiary/aromatic N) is 3. The summed E-state index contributed by atoms with van der Waals surface area (Å²) in [6, 6.07) is 13.0. The Kier molecular flexibility index (Phi) is 5.49. The zero-order valence-corrected chi connectivity index (χ0v) is 12.3. The standard InChI is InChI=1S/C17H14FN3O2/c18-14-6-2-1-5-13(14)15-7-8-16(23-15)17(22)21(11-3-9-19)12-4-10-20/h1-2,5-8H,3-4,11-12H2. The smallest absolute Gasteiger partial charge is 0.289 e. The first-order valence-corrected chi connectivity index (χ1v) is 7.05. The van der Waals surface area contributed by atoms with Crippen molar-refractivity contribution in [3.05, 3.63) is 48.0 Å². The van der Waals surface area contributed by atoms with Gasteiger partial charge in [0.1, 0.15) is 11.6 Å². The van der Waals surface area contributed by atoms with Crippen LogP contribution in [0.5, 0.6) is 0 Å². The maximum absolute atomic E-state index is 13.7. The molecule has 0 saturated carbocycles. The highest BCUT2D eigenvalue weighted by Gasteiger charge is 2.20. The minimum absolute atomic E-state index is 0.0548. The monoisotopic (exact) mass is 311 g/mol. The van der Waals surface area contributed by atoms with Gasteiger partial charge in [0.2, 0.25) is 0 Å². The molecule has 0 fully saturated rings. The molecule has 1 amide bonds. The fourth-order valence-corrected chi connectivity index (χ4v) is 2.10. The van der Waals surface area contributed by atoms with Crippen LogP contribution in [0.1, 0.15) is 23.4 Å². The zero-order chi connectivity index (χ0) is 16.7. The molecule has 0 aliphatic heterocycles. The number of nitriles is 2. The maximum atomic E-state index is 13.7. The van der Waals surface area contributed by atoms with Crippen LogP contribution in [-0.2, 0) is 0 Å². The maximum Gasteiger partial charge on any atom is 0.289 e. The van der Waals surface area contributed by atoms with Crippen LogP contribution >= 0.6 is 0 Å². The third-order valence-electron chi connectivity index (χ3n) is 3.23. The average Bonchev–Trinajstić information content (AvgIpc) is 3.04. The van der Waals surface area contributed by atoms with Gasteiger partial charge in [0.25, 0.3) is 5.91 Å². The van der Waals surface area contributed by atoms with E-state index in [-0.39, 0.29) is 43.0 Å². The predicted molar refractivity (Wildman–Crippen MR) is 80.5 cm³/mol. The molecule has 0 spiro atoms. The summed E-state index contributed by atoms with van der Waals surface area (Å²) in [5.74, 6) is -0.546. The van der Waals surface area contributed by atoms with Gasteiger partial charge < -0.3 is 9.32 Å². The first-order chi connectivity index (χ1) is 11.2. The summed E-state index contributed by atoms with van der Waals surface area (Å²) in [5, 5.41) is 17.3. The fourth-order valence-electron chi connectivity index (χ4n) is 2.10. The quantitative estimate of drug-likeness (QED) is 0.819. The molecule has 0 saturated heterocycles. The molecule has 116 valence electrons. The molecule has 1 aromatic heterocycles. The highest BCUT2D eigenvalue weighted by atomic mass is 19.1. The number of furan rings is 1. The lowest BCUT2D eigenvalue weighted by atomic mass is 10.1. The molecule has 5 nitrogen and oxygen atoms in total. The molecule has 0 atom stereocenters. The summed E-state index contributed by atoms with van der Waals surface area (Å²) < 4.78 is 19.2. The summed E-state index contributed by atoms with van der Waals surface area (Å²) >= 11 is 0. The molecule has 1 heterocycles. The van der Waals surface area contributed by atoms with E-state index in [1.807, 2.05) is 12.1 Å². The van der Waals surface area contributed by atoms with Crippen molar-refractivity contribution in [3.63, 3.8) is 0 Å². The number of hydrogen-bond acceptors (Lipinski definition) is 4. The van der Waals surface area contributed by atoms with Crippen molar-refractivity contribution < 1.29 is 13.6 Å². The number of amides is 1. The van der Waals surface area contributed by atoms with Crippen LogP contribution in [0.3, 0.4) is 0 Å². The van der Waals surface area contributed by atoms with Crippen LogP contribution in [0.15, 0.2) is 40.8 Å². The third kappa shape index (κ3) is 3.96. The first kappa shape index (κ1) is 16.3. The highest BCUT2D eigenvalue weighted by Crippen LogP contribution is 2.25. The van der Waals surface area contributed by atoms with E-state index in [0.29, 0.717) is 0 Å². The van der Waals surface area contributed by atoms with Crippen molar-refractivity contribution in [3.8, 4) is 23.5 Å². The largest absolute Gasteiger partial charge is 0.451 e. The van der Waals surface area contributed by atoms with E-state index in [9.17, 15) is 9.18 Å². The number of benzene rings is 1. The summed E-state index contributed by atoms with van der Waals surface area (Å²) in [6.45, 7) is 0.430. The van der Waals surface area contributed by atoms with Gasteiger partial charge in [-0.2, -0.15) is 10.5 Å². The SMILES string of the molecule is N#CCCN(CCC#N)C(=O)c1ccc(-c2ccccc2F)o1. The van der Waals surface area contributed by atoms with Crippen molar-refractivity contribution >= 4 is 5.91 Å². The van der Waals surface area contributed by atoms with Crippen LogP contribution in [-0.4, -0.2) is 23.9 Å². The Morgan fingerprint density at radius 2 is 1.74 bits per heavy atom. The molecule has 0 bridgehead atoms. The molecule has 0 unspecified atom stereocenters. The minimum atomic E-state index is -0.438. The Hall–Kier alpha value is -3.12. The van der Waals surface area contributed by atoms with Crippen LogP contribution in [0.25, 0.3) is 11.3 Å². The van der Waals surface area contributed by atoms with Crippen molar-refractivity contribution in [2.75, 3.05) is 13.1 Å². The van der Waals surface area contributed by atoms with Crippen molar-refractivity contribution in [2.45, 2.75) is 12.8 Å². The minimum Gasteiger partial charge on any atom is -0.451 e. The van der Waals surface area contributed by atoms with Gasteiger partial charge in [-0.25, -0.2) is 4.39 Å². The number of halogens is 1. The molecule has 0 N–H and O–H groups in total. The van der Waals surface area contributed by atoms with Gasteiger partial charge in [-0.15, -0.1) is 0 Å². The van der Waals surface area contributed by atoms with Gasteiger partial charge >= 0.3 is 0 Å². The van der Waals surface area contributed by atoms with E-state index in [2.05, 4.69) is 0 Å². The van der Waals surface area contributed by atoms with Gasteiger partial charge in [-0.1, -0.05) is 12.1 Å². The molecule has 2 rings (SSSR count). The van der Waals surface area contributed by atoms with E-state index in [0.717, 1.165) is 0 Å². The number of carbonyl (C=O) groups excluding carboxylic acids is 1. The van der Waals surface area contributed by atoms with Gasteiger partial charge in [0.15, 0.2) is 5.76 Å². The van der Waals surface area contributed by atoms with Crippen molar-refractivity contribution in [1.82, 2.24) is 4.90 Å². The lowest BCUT2D eigenvalue weighted by molar-refractivity contribution is 0.0731. The van der Waals surface area contributed by atoms with Gasteiger partial charge in [-0.3, -0.25) is 4.79 Å². The summed E-state index contributed by atoms with van der Waals surface area (Å²) in [4.78, 5) is 13.8. The second kappa shape index (κ2) is 7.77. The molecular weight excluding hydrogens is 297 g/mol. The molecule has 0 aliphatic rings. The Balaban J connectivity index is 2.20. The number of rotatable bonds is 6. The predicted octanol–water partition coefficient (Wildman–Crippen LogP) is 3.36. The second-order valence-corrected chi connectivity index (χ2v) is 4.75. The fraction of sp³-hybridized carbons (Fsp3) is 0.235. The zero-order valence-electron chi connectivity index (χ0n) is 12.3. The lowest BCUT2D eigenvalue weighted by Gasteiger charge is -2.18. The van der Waals surface area contributed by atoms with Crippen molar-refractivity contribution in [2.24, 2.45) is 0 Å². The Bertz CT molecular complexity index is 753. The van der Waals surface area contributed by atoms with E-state index in [1.165, 1.54) is 23.1 Å². The van der Waals surface area contributed by atoms with Gasteiger partial charge in [-0.05, 0) is 24.3 Å². The second-order valence-electron chi connectivity index (χ2n) is 4.75. The third-order valence-corrected chi connectivity index (χ3v) is 3.23. The Morgan fingerprint density at radius 3 is 2.35 bits per heavy atom. The van der Waals surface area contributed by atoms with Gasteiger partial charge in [0.05, 0.1) is 30.5 Å². The number of hydrogen-bond donors (Lipinski definition) is 0. The van der Waals surface area contributed by atoms with Crippen molar-refractivity contribution in [1.29, 1.82) is 10.5 Å². The molecule has 1 aromatic carbocycles. The molecule has 23 heavy (non-hydrogen) atoms. The van der Waals surface area contributed by atoms with E-state index >= 15 is 0 Å². The molecular formula is C17H14FN3O2. The number of carbonyl (C=O) groups is 1. The van der Waals surface area contributed by atoms with E-state index in [4.69, 9.17) is 14.9 Å².